The third-order valence-electron chi connectivity index (χ3n) is 3.17. The van der Waals surface area contributed by atoms with Crippen molar-refractivity contribution in [1.82, 2.24) is 14.7 Å². The van der Waals surface area contributed by atoms with Crippen LogP contribution in [-0.2, 0) is 11.8 Å². The second kappa shape index (κ2) is 4.90. The molecule has 1 aliphatic rings. The van der Waals surface area contributed by atoms with E-state index in [4.69, 9.17) is 16.3 Å². The minimum Gasteiger partial charge on any atom is -0.372 e. The highest BCUT2D eigenvalue weighted by Gasteiger charge is 2.29. The van der Waals surface area contributed by atoms with Crippen LogP contribution in [0.2, 0.25) is 5.02 Å². The summed E-state index contributed by atoms with van der Waals surface area (Å²) in [6, 6.07) is 0. The zero-order chi connectivity index (χ0) is 13.4. The average Bonchev–Trinajstić information content (AvgIpc) is 2.55. The largest absolute Gasteiger partial charge is 0.372 e. The van der Waals surface area contributed by atoms with Gasteiger partial charge in [0.15, 0.2) is 5.69 Å². The highest BCUT2D eigenvalue weighted by atomic mass is 35.5. The van der Waals surface area contributed by atoms with Gasteiger partial charge in [-0.15, -0.1) is 0 Å². The number of ether oxygens (including phenoxy) is 1. The van der Waals surface area contributed by atoms with Gasteiger partial charge in [-0.2, -0.15) is 5.10 Å². The molecule has 2 rings (SSSR count). The van der Waals surface area contributed by atoms with Crippen LogP contribution in [0.4, 0.5) is 0 Å². The molecule has 0 spiro atoms. The van der Waals surface area contributed by atoms with Gasteiger partial charge in [-0.1, -0.05) is 11.6 Å². The number of nitrogens with zero attached hydrogens (tertiary/aromatic N) is 3. The van der Waals surface area contributed by atoms with Gasteiger partial charge in [0.1, 0.15) is 0 Å². The number of hydrogen-bond acceptors (Lipinski definition) is 3. The Labute approximate surface area is 112 Å². The predicted molar refractivity (Wildman–Crippen MR) is 68.9 cm³/mol. The summed E-state index contributed by atoms with van der Waals surface area (Å²) in [5.41, 5.74) is 1.13. The summed E-state index contributed by atoms with van der Waals surface area (Å²) >= 11 is 6.14. The Bertz CT molecular complexity index is 462. The van der Waals surface area contributed by atoms with E-state index in [0.717, 1.165) is 5.69 Å². The summed E-state index contributed by atoms with van der Waals surface area (Å²) in [5.74, 6) is -0.120. The Morgan fingerprint density at radius 3 is 2.39 bits per heavy atom. The fraction of sp³-hybridized carbons (Fsp3) is 0.667. The fourth-order valence-corrected chi connectivity index (χ4v) is 2.45. The molecule has 0 bridgehead atoms. The van der Waals surface area contributed by atoms with Gasteiger partial charge in [0, 0.05) is 20.1 Å². The first-order valence-corrected chi connectivity index (χ1v) is 6.41. The quantitative estimate of drug-likeness (QED) is 0.780. The molecule has 0 radical (unpaired) electrons. The number of halogens is 1. The minimum absolute atomic E-state index is 0.0429. The van der Waals surface area contributed by atoms with Crippen LogP contribution in [0.5, 0.6) is 0 Å². The van der Waals surface area contributed by atoms with Gasteiger partial charge in [0.05, 0.1) is 22.9 Å². The molecule has 100 valence electrons. The van der Waals surface area contributed by atoms with Crippen molar-refractivity contribution in [3.63, 3.8) is 0 Å². The molecule has 1 saturated heterocycles. The third-order valence-corrected chi connectivity index (χ3v) is 3.62. The molecule has 0 N–H and O–H groups in total. The summed E-state index contributed by atoms with van der Waals surface area (Å²) in [7, 11) is 1.78. The van der Waals surface area contributed by atoms with Gasteiger partial charge in [-0.3, -0.25) is 9.48 Å². The first-order chi connectivity index (χ1) is 8.40. The van der Waals surface area contributed by atoms with Crippen molar-refractivity contribution in [2.75, 3.05) is 13.1 Å². The molecule has 0 aliphatic carbocycles. The van der Waals surface area contributed by atoms with E-state index in [1.165, 1.54) is 0 Å². The first-order valence-electron chi connectivity index (χ1n) is 6.04. The monoisotopic (exact) mass is 271 g/mol. The van der Waals surface area contributed by atoms with Crippen molar-refractivity contribution in [2.24, 2.45) is 7.05 Å². The Hall–Kier alpha value is -1.07. The molecule has 1 aromatic heterocycles. The lowest BCUT2D eigenvalue weighted by Crippen LogP contribution is -2.48. The standard InChI is InChI=1S/C12H18ClN3O2/c1-7-5-16(6-8(2)18-7)12(17)11-10(13)9(3)15(4)14-11/h7-8H,5-6H2,1-4H3/t7-,8-/m1/s1. The Morgan fingerprint density at radius 2 is 1.94 bits per heavy atom. The van der Waals surface area contributed by atoms with Crippen LogP contribution in [0, 0.1) is 6.92 Å². The van der Waals surface area contributed by atoms with Gasteiger partial charge in [0.2, 0.25) is 0 Å². The van der Waals surface area contributed by atoms with Gasteiger partial charge in [-0.05, 0) is 20.8 Å². The van der Waals surface area contributed by atoms with Crippen molar-refractivity contribution in [3.8, 4) is 0 Å². The first kappa shape index (κ1) is 13.4. The molecule has 6 heteroatoms. The van der Waals surface area contributed by atoms with Crippen molar-refractivity contribution < 1.29 is 9.53 Å². The van der Waals surface area contributed by atoms with E-state index in [1.807, 2.05) is 20.8 Å². The molecule has 1 fully saturated rings. The van der Waals surface area contributed by atoms with Gasteiger partial charge in [-0.25, -0.2) is 0 Å². The van der Waals surface area contributed by atoms with Crippen LogP contribution >= 0.6 is 11.6 Å². The highest BCUT2D eigenvalue weighted by molar-refractivity contribution is 6.34. The maximum absolute atomic E-state index is 12.4. The van der Waals surface area contributed by atoms with E-state index in [1.54, 1.807) is 16.6 Å². The van der Waals surface area contributed by atoms with Crippen LogP contribution in [0.15, 0.2) is 0 Å². The van der Waals surface area contributed by atoms with Crippen LogP contribution < -0.4 is 0 Å². The fourth-order valence-electron chi connectivity index (χ4n) is 2.21. The normalized spacial score (nSPS) is 24.4. The van der Waals surface area contributed by atoms with E-state index in [2.05, 4.69) is 5.10 Å². The number of morpholine rings is 1. The molecule has 18 heavy (non-hydrogen) atoms. The van der Waals surface area contributed by atoms with Crippen molar-refractivity contribution >= 4 is 17.5 Å². The number of carbonyl (C=O) groups excluding carboxylic acids is 1. The van der Waals surface area contributed by atoms with E-state index in [-0.39, 0.29) is 18.1 Å². The topological polar surface area (TPSA) is 47.4 Å². The lowest BCUT2D eigenvalue weighted by Gasteiger charge is -2.34. The summed E-state index contributed by atoms with van der Waals surface area (Å²) < 4.78 is 7.24. The predicted octanol–water partition coefficient (Wildman–Crippen LogP) is 1.63. The molecule has 1 aliphatic heterocycles. The lowest BCUT2D eigenvalue weighted by atomic mass is 10.2. The molecule has 0 unspecified atom stereocenters. The second-order valence-corrected chi connectivity index (χ2v) is 5.22. The Morgan fingerprint density at radius 1 is 1.39 bits per heavy atom. The average molecular weight is 272 g/mol. The minimum atomic E-state index is -0.120. The smallest absolute Gasteiger partial charge is 0.276 e. The number of aromatic nitrogens is 2. The van der Waals surface area contributed by atoms with Gasteiger partial charge in [0.25, 0.3) is 5.91 Å². The molecule has 2 heterocycles. The summed E-state index contributed by atoms with van der Waals surface area (Å²) in [6.07, 6.45) is 0.0857. The molecular weight excluding hydrogens is 254 g/mol. The lowest BCUT2D eigenvalue weighted by molar-refractivity contribution is -0.0587. The zero-order valence-corrected chi connectivity index (χ0v) is 11.9. The number of hydrogen-bond donors (Lipinski definition) is 0. The van der Waals surface area contributed by atoms with Crippen molar-refractivity contribution in [2.45, 2.75) is 33.0 Å². The number of carbonyl (C=O) groups is 1. The van der Waals surface area contributed by atoms with E-state index in [0.29, 0.717) is 23.8 Å². The maximum atomic E-state index is 12.4. The third kappa shape index (κ3) is 2.37. The van der Waals surface area contributed by atoms with Gasteiger partial charge >= 0.3 is 0 Å². The van der Waals surface area contributed by atoms with E-state index < -0.39 is 0 Å². The number of amides is 1. The molecule has 0 aromatic carbocycles. The number of rotatable bonds is 1. The summed E-state index contributed by atoms with van der Waals surface area (Å²) in [6.45, 7) is 6.92. The van der Waals surface area contributed by atoms with E-state index in [9.17, 15) is 4.79 Å². The zero-order valence-electron chi connectivity index (χ0n) is 11.1. The second-order valence-electron chi connectivity index (χ2n) is 4.84. The number of aryl methyl sites for hydroxylation is 1. The van der Waals surface area contributed by atoms with Crippen LogP contribution in [0.3, 0.4) is 0 Å². The van der Waals surface area contributed by atoms with Crippen molar-refractivity contribution in [3.05, 3.63) is 16.4 Å². The molecule has 1 aromatic rings. The van der Waals surface area contributed by atoms with Gasteiger partial charge < -0.3 is 9.64 Å². The Balaban J connectivity index is 2.23. The van der Waals surface area contributed by atoms with Crippen molar-refractivity contribution in [1.29, 1.82) is 0 Å². The highest BCUT2D eigenvalue weighted by Crippen LogP contribution is 2.22. The maximum Gasteiger partial charge on any atom is 0.276 e. The van der Waals surface area contributed by atoms with Crippen LogP contribution in [0.1, 0.15) is 30.0 Å². The molecular formula is C12H18ClN3O2. The summed E-state index contributed by atoms with van der Waals surface area (Å²) in [4.78, 5) is 14.1. The molecule has 2 atom stereocenters. The summed E-state index contributed by atoms with van der Waals surface area (Å²) in [5, 5.41) is 4.63. The molecule has 1 amide bonds. The van der Waals surface area contributed by atoms with Crippen LogP contribution in [0.25, 0.3) is 0 Å². The molecule has 0 saturated carbocycles. The van der Waals surface area contributed by atoms with Crippen LogP contribution in [-0.4, -0.2) is 45.9 Å². The molecule has 5 nitrogen and oxygen atoms in total. The van der Waals surface area contributed by atoms with E-state index >= 15 is 0 Å². The Kier molecular flexibility index (Phi) is 3.64. The SMILES string of the molecule is Cc1c(Cl)c(C(=O)N2C[C@@H](C)O[C@H](C)C2)nn1C.